The predicted molar refractivity (Wildman–Crippen MR) is 303 cm³/mol. The van der Waals surface area contributed by atoms with E-state index in [0.29, 0.717) is 118 Å². The molecule has 6 rings (SSSR count). The number of unbranched alkanes of at least 4 members (excludes halogenated alkanes) is 18. The summed E-state index contributed by atoms with van der Waals surface area (Å²) in [5.41, 5.74) is 3.12. The lowest BCUT2D eigenvalue weighted by Gasteiger charge is -2.32. The smallest absolute Gasteiger partial charge is 0.222 e. The van der Waals surface area contributed by atoms with Gasteiger partial charge in [-0.3, -0.25) is 24.2 Å². The Morgan fingerprint density at radius 2 is 0.622 bits per heavy atom. The van der Waals surface area contributed by atoms with Gasteiger partial charge in [0.15, 0.2) is 0 Å². The van der Waals surface area contributed by atoms with Crippen LogP contribution in [0.15, 0.2) is 72.8 Å². The van der Waals surface area contributed by atoms with Crippen LogP contribution in [0.4, 0.5) is 0 Å². The van der Waals surface area contributed by atoms with Crippen molar-refractivity contribution >= 4 is 17.7 Å². The van der Waals surface area contributed by atoms with Crippen molar-refractivity contribution in [3.8, 4) is 17.2 Å². The molecule has 3 aliphatic rings. The number of benzene rings is 3. The molecule has 74 heavy (non-hydrogen) atoms. The van der Waals surface area contributed by atoms with Gasteiger partial charge in [-0.05, 0) is 72.4 Å². The molecule has 0 unspecified atom stereocenters. The van der Waals surface area contributed by atoms with E-state index in [9.17, 15) is 14.4 Å². The second kappa shape index (κ2) is 37.2. The number of hydrogen-bond donors (Lipinski definition) is 0. The fourth-order valence-corrected chi connectivity index (χ4v) is 10.2. The Kier molecular flexibility index (Phi) is 30.3. The molecule has 0 aliphatic carbocycles. The molecular weight excluding hydrogens is 923 g/mol. The molecule has 3 amide bonds. The number of ether oxygens (including phenoxy) is 3. The van der Waals surface area contributed by atoms with Crippen molar-refractivity contribution in [1.82, 2.24) is 24.5 Å². The van der Waals surface area contributed by atoms with E-state index >= 15 is 0 Å². The van der Waals surface area contributed by atoms with Gasteiger partial charge in [-0.15, -0.1) is 0 Å². The summed E-state index contributed by atoms with van der Waals surface area (Å²) in [6.07, 6.45) is 25.8. The molecule has 0 atom stereocenters. The van der Waals surface area contributed by atoms with Crippen molar-refractivity contribution in [3.63, 3.8) is 0 Å². The van der Waals surface area contributed by atoms with E-state index in [4.69, 9.17) is 14.2 Å². The first-order valence-electron chi connectivity index (χ1n) is 29.8. The van der Waals surface area contributed by atoms with Gasteiger partial charge in [-0.2, -0.15) is 0 Å². The van der Waals surface area contributed by atoms with Gasteiger partial charge in [0.05, 0.1) is 0 Å². The first-order chi connectivity index (χ1) is 36.3. The fraction of sp³-hybridized carbons (Fsp3) is 0.667. The Hall–Kier alpha value is -4.61. The Bertz CT molecular complexity index is 1770. The van der Waals surface area contributed by atoms with E-state index in [1.807, 2.05) is 51.1 Å². The van der Waals surface area contributed by atoms with Gasteiger partial charge in [-0.1, -0.05) is 173 Å². The van der Waals surface area contributed by atoms with Crippen LogP contribution in [-0.2, 0) is 34.0 Å². The zero-order chi connectivity index (χ0) is 52.3. The minimum Gasteiger partial charge on any atom is -0.492 e. The van der Waals surface area contributed by atoms with Gasteiger partial charge in [0, 0.05) is 97.8 Å². The maximum absolute atomic E-state index is 14.4. The highest BCUT2D eigenvalue weighted by atomic mass is 16.5. The van der Waals surface area contributed by atoms with Crippen LogP contribution < -0.4 is 14.2 Å². The maximum atomic E-state index is 14.4. The summed E-state index contributed by atoms with van der Waals surface area (Å²) in [5, 5.41) is 0. The highest BCUT2D eigenvalue weighted by Crippen LogP contribution is 2.22. The maximum Gasteiger partial charge on any atom is 0.222 e. The zero-order valence-corrected chi connectivity index (χ0v) is 46.7. The topological polar surface area (TPSA) is 95.1 Å². The van der Waals surface area contributed by atoms with Gasteiger partial charge in [0.25, 0.3) is 0 Å². The van der Waals surface area contributed by atoms with E-state index in [-0.39, 0.29) is 17.7 Å². The normalized spacial score (nSPS) is 17.5. The molecule has 11 heteroatoms. The quantitative estimate of drug-likeness (QED) is 0.0819. The van der Waals surface area contributed by atoms with Crippen molar-refractivity contribution in [2.75, 3.05) is 78.7 Å². The summed E-state index contributed by atoms with van der Waals surface area (Å²) in [4.78, 5) is 54.1. The van der Waals surface area contributed by atoms with Gasteiger partial charge < -0.3 is 28.9 Å². The third-order valence-electron chi connectivity index (χ3n) is 14.9. The van der Waals surface area contributed by atoms with Gasteiger partial charge in [-0.25, -0.2) is 0 Å². The monoisotopic (exact) mass is 1020 g/mol. The number of fused-ring (bicyclic) bond motifs is 15. The molecule has 3 aromatic carbocycles. The molecular formula is C63H99N5O6. The van der Waals surface area contributed by atoms with Crippen molar-refractivity contribution < 1.29 is 28.6 Å². The van der Waals surface area contributed by atoms with E-state index < -0.39 is 0 Å². The van der Waals surface area contributed by atoms with Crippen molar-refractivity contribution in [2.24, 2.45) is 0 Å². The number of nitrogens with zero attached hydrogens (tertiary/aromatic N) is 5. The van der Waals surface area contributed by atoms with Crippen LogP contribution in [0.3, 0.4) is 0 Å². The molecule has 0 fully saturated rings. The lowest BCUT2D eigenvalue weighted by atomic mass is 10.1. The second-order valence-electron chi connectivity index (χ2n) is 21.2. The van der Waals surface area contributed by atoms with Crippen LogP contribution in [0, 0.1) is 0 Å². The van der Waals surface area contributed by atoms with Crippen LogP contribution in [0.2, 0.25) is 0 Å². The minimum absolute atomic E-state index is 0.173. The molecule has 0 N–H and O–H groups in total. The molecule has 3 aromatic rings. The Morgan fingerprint density at radius 1 is 0.351 bits per heavy atom. The number of carbonyl (C=O) groups is 3. The predicted octanol–water partition coefficient (Wildman–Crippen LogP) is 13.3. The molecule has 0 radical (unpaired) electrons. The summed E-state index contributed by atoms with van der Waals surface area (Å²) < 4.78 is 19.3. The van der Waals surface area contributed by atoms with Crippen molar-refractivity contribution in [3.05, 3.63) is 89.5 Å². The summed E-state index contributed by atoms with van der Waals surface area (Å²) in [5.74, 6) is 2.88. The lowest BCUT2D eigenvalue weighted by Crippen LogP contribution is -2.45. The number of amides is 3. The highest BCUT2D eigenvalue weighted by Gasteiger charge is 2.22. The van der Waals surface area contributed by atoms with Crippen LogP contribution in [0.1, 0.15) is 192 Å². The third kappa shape index (κ3) is 24.8. The van der Waals surface area contributed by atoms with Crippen LogP contribution in [-0.4, -0.2) is 121 Å². The highest BCUT2D eigenvalue weighted by molar-refractivity contribution is 5.77. The molecule has 0 spiro atoms. The largest absolute Gasteiger partial charge is 0.492 e. The second-order valence-corrected chi connectivity index (χ2v) is 21.2. The molecule has 0 aromatic heterocycles. The average molecular weight is 1020 g/mol. The van der Waals surface area contributed by atoms with E-state index in [2.05, 4.69) is 67.0 Å². The summed E-state index contributed by atoms with van der Waals surface area (Å²) >= 11 is 0. The van der Waals surface area contributed by atoms with E-state index in [1.54, 1.807) is 0 Å². The van der Waals surface area contributed by atoms with Crippen LogP contribution in [0.25, 0.3) is 0 Å². The van der Waals surface area contributed by atoms with E-state index in [0.717, 1.165) is 91.7 Å². The Labute approximate surface area is 449 Å². The lowest BCUT2D eigenvalue weighted by molar-refractivity contribution is -0.132. The van der Waals surface area contributed by atoms with Crippen LogP contribution >= 0.6 is 0 Å². The molecule has 3 heterocycles. The minimum atomic E-state index is 0.173. The fourth-order valence-electron chi connectivity index (χ4n) is 10.2. The summed E-state index contributed by atoms with van der Waals surface area (Å²) in [7, 11) is 0. The molecule has 11 nitrogen and oxygen atoms in total. The van der Waals surface area contributed by atoms with E-state index in [1.165, 1.54) is 77.0 Å². The molecule has 0 saturated carbocycles. The SMILES string of the molecule is CCCCCCCCCC(=O)N1CCN2CCN(C(=O)CCCCCCCCC)Cc3cccc(c3)OCCN(CCOc3cccc(c3)C1)CCOc1cccc(c1)CN(C(=O)CCCCCCCCC)CC2. The van der Waals surface area contributed by atoms with Crippen LogP contribution in [0.5, 0.6) is 17.2 Å². The third-order valence-corrected chi connectivity index (χ3v) is 14.9. The number of hydrogen-bond acceptors (Lipinski definition) is 8. The van der Waals surface area contributed by atoms with Gasteiger partial charge >= 0.3 is 0 Å². The first kappa shape index (κ1) is 60.3. The van der Waals surface area contributed by atoms with Gasteiger partial charge in [0.1, 0.15) is 37.1 Å². The number of rotatable bonds is 24. The van der Waals surface area contributed by atoms with Crippen molar-refractivity contribution in [2.45, 2.75) is 195 Å². The zero-order valence-electron chi connectivity index (χ0n) is 46.7. The standard InChI is InChI=1S/C63H99N5O6/c1-4-7-10-13-16-19-22-34-61(69)66-40-37-64-38-41-67(62(70)35-23-20-17-14-11-8-5-2)53-56-29-26-32-59(50-56)73-47-44-65(43-46-72-58-31-25-28-55(49-58)52-66)45-48-74-60-33-27-30-57(51-60)54-68(42-39-64)63(71)36-24-21-18-15-12-9-6-3/h25-33,49-51H,4-24,34-48,52-54H2,1-3H3. The molecule has 412 valence electrons. The number of carbonyl (C=O) groups excluding carboxylic acids is 3. The average Bonchev–Trinajstić information content (AvgIpc) is 3.40. The molecule has 8 bridgehead atoms. The molecule has 0 saturated heterocycles. The Balaban J connectivity index is 1.48. The Morgan fingerprint density at radius 3 is 0.919 bits per heavy atom. The summed E-state index contributed by atoms with van der Waals surface area (Å²) in [6.45, 7) is 15.1. The first-order valence-corrected chi connectivity index (χ1v) is 29.8. The molecule has 3 aliphatic heterocycles. The summed E-state index contributed by atoms with van der Waals surface area (Å²) in [6, 6.07) is 24.7. The van der Waals surface area contributed by atoms with Crippen molar-refractivity contribution in [1.29, 1.82) is 0 Å². The van der Waals surface area contributed by atoms with Gasteiger partial charge in [0.2, 0.25) is 17.7 Å².